The molecule has 59 heavy (non-hydrogen) atoms. The van der Waals surface area contributed by atoms with E-state index in [1.165, 1.54) is 25.7 Å². The molecule has 3 aliphatic carbocycles. The maximum Gasteiger partial charge on any atom is 0.335 e. The van der Waals surface area contributed by atoms with Gasteiger partial charge in [-0.1, -0.05) is 45.3 Å². The van der Waals surface area contributed by atoms with E-state index in [0.29, 0.717) is 63.3 Å². The topological polar surface area (TPSA) is 251 Å². The second kappa shape index (κ2) is 20.0. The van der Waals surface area contributed by atoms with Crippen molar-refractivity contribution in [3.8, 4) is 0 Å². The van der Waals surface area contributed by atoms with Crippen LogP contribution in [0.5, 0.6) is 0 Å². The molecule has 5 fully saturated rings. The summed E-state index contributed by atoms with van der Waals surface area (Å²) in [7, 11) is 0. The van der Waals surface area contributed by atoms with Gasteiger partial charge in [-0.2, -0.15) is 0 Å². The second-order valence-corrected chi connectivity index (χ2v) is 18.4. The number of hydrogen-bond donors (Lipinski definition) is 8. The molecule has 15 heteroatoms. The van der Waals surface area contributed by atoms with Gasteiger partial charge >= 0.3 is 5.97 Å². The number of nitrogens with two attached hydrogens (primary N) is 1. The molecule has 0 aromatic carbocycles. The number of ether oxygens (including phenoxy) is 3. The number of amides is 1. The monoisotopic (exact) mass is 830 g/mol. The molecule has 8 unspecified atom stereocenters. The van der Waals surface area contributed by atoms with Crippen LogP contribution in [0.4, 0.5) is 0 Å². The Kier molecular flexibility index (Phi) is 15.5. The maximum atomic E-state index is 12.7. The van der Waals surface area contributed by atoms with Crippen LogP contribution in [0.3, 0.4) is 0 Å². The van der Waals surface area contributed by atoms with Crippen molar-refractivity contribution in [2.24, 2.45) is 52.2 Å². The lowest BCUT2D eigenvalue weighted by Gasteiger charge is -2.54. The van der Waals surface area contributed by atoms with Crippen LogP contribution in [0.1, 0.15) is 104 Å². The lowest BCUT2D eigenvalue weighted by Crippen LogP contribution is -2.79. The van der Waals surface area contributed by atoms with E-state index in [1.54, 1.807) is 12.8 Å². The number of aliphatic imine (C=N–C) groups is 1. The first-order chi connectivity index (χ1) is 28.2. The Balaban J connectivity index is 1.17. The van der Waals surface area contributed by atoms with E-state index in [2.05, 4.69) is 36.3 Å². The highest BCUT2D eigenvalue weighted by Crippen LogP contribution is 2.47. The van der Waals surface area contributed by atoms with Gasteiger partial charge in [0, 0.05) is 31.2 Å². The zero-order valence-electron chi connectivity index (χ0n) is 34.6. The van der Waals surface area contributed by atoms with Crippen LogP contribution in [0.2, 0.25) is 0 Å². The van der Waals surface area contributed by atoms with Crippen molar-refractivity contribution in [1.82, 2.24) is 5.32 Å². The Hall–Kier alpha value is -2.73. The number of hydrogen-bond acceptors (Lipinski definition) is 13. The standard InChI is InChI=1S/C44H67N3O12/c1-3-27-8-4-5-9-28(27)10-6-7-25(2)30(19-26-17-18-46-21-26)22-47-23-43(55)42(59-38(41(53)54)39(51)44(43,56)24-48)57-32-15-16-33-34(20-32)58-37(40(45)52)35(36(33)50)29-11-13-31(49)14-12-29/h6,10,17-18,21,24-25,27-39,42,47,49-51,55-56H,3-5,7-9,11-16,19-20,22-23H2,1-2H3,(H2-,45,52,53,54)/p+1/t25-,27?,28?,29?,30-,31?,32?,33?,34?,35?,36?,37?,38-,39+,42+,43+,44-/m0/s1. The number of aldehydes is 1. The van der Waals surface area contributed by atoms with E-state index in [1.807, 2.05) is 6.08 Å². The maximum absolute atomic E-state index is 12.7. The summed E-state index contributed by atoms with van der Waals surface area (Å²) in [6, 6.07) is 0. The fraction of sp³-hybridized carbons (Fsp3) is 0.795. The van der Waals surface area contributed by atoms with Crippen LogP contribution in [0.15, 0.2) is 28.8 Å². The Morgan fingerprint density at radius 3 is 2.47 bits per heavy atom. The van der Waals surface area contributed by atoms with E-state index >= 15 is 0 Å². The number of aliphatic carboxylic acids is 1. The molecule has 3 aliphatic heterocycles. The van der Waals surface area contributed by atoms with Gasteiger partial charge in [0.2, 0.25) is 5.91 Å². The summed E-state index contributed by atoms with van der Waals surface area (Å²) in [4.78, 5) is 42.0. The molecule has 3 saturated carbocycles. The number of primary amides is 1. The van der Waals surface area contributed by atoms with Gasteiger partial charge in [-0.3, -0.25) is 9.59 Å². The Morgan fingerprint density at radius 1 is 1.07 bits per heavy atom. The first-order valence-electron chi connectivity index (χ1n) is 22.1. The van der Waals surface area contributed by atoms with Crippen LogP contribution < -0.4 is 11.1 Å². The molecule has 0 bridgehead atoms. The van der Waals surface area contributed by atoms with Crippen molar-refractivity contribution < 1.29 is 59.2 Å². The third kappa shape index (κ3) is 9.99. The first kappa shape index (κ1) is 45.8. The fourth-order valence-electron chi connectivity index (χ4n) is 11.0. The minimum Gasteiger partial charge on any atom is -0.479 e. The molecule has 3 heterocycles. The highest BCUT2D eigenvalue weighted by atomic mass is 16.7. The summed E-state index contributed by atoms with van der Waals surface area (Å²) < 4.78 is 18.3. The molecule has 1 amide bonds. The highest BCUT2D eigenvalue weighted by Gasteiger charge is 2.67. The van der Waals surface area contributed by atoms with E-state index in [4.69, 9.17) is 19.9 Å². The summed E-state index contributed by atoms with van der Waals surface area (Å²) >= 11 is 0. The molecule has 330 valence electrons. The zero-order valence-corrected chi connectivity index (χ0v) is 34.6. The lowest BCUT2D eigenvalue weighted by molar-refractivity contribution is -0.363. The van der Waals surface area contributed by atoms with Crippen molar-refractivity contribution >= 4 is 24.4 Å². The molecule has 15 nitrogen and oxygen atoms in total. The number of carboxylic acids is 1. The summed E-state index contributed by atoms with van der Waals surface area (Å²) in [6.45, 7) is 5.95. The number of aliphatic hydroxyl groups excluding tert-OH is 3. The van der Waals surface area contributed by atoms with Gasteiger partial charge in [-0.25, -0.2) is 4.79 Å². The molecule has 0 radical (unpaired) electrons. The Labute approximate surface area is 347 Å². The predicted molar refractivity (Wildman–Crippen MR) is 216 cm³/mol. The van der Waals surface area contributed by atoms with Crippen LogP contribution in [-0.4, -0.2) is 128 Å². The van der Waals surface area contributed by atoms with Gasteiger partial charge in [0.05, 0.1) is 30.5 Å². The Morgan fingerprint density at radius 2 is 1.81 bits per heavy atom. The lowest BCUT2D eigenvalue weighted by atomic mass is 9.66. The van der Waals surface area contributed by atoms with Crippen molar-refractivity contribution in [2.75, 3.05) is 13.1 Å². The molecule has 6 aliphatic rings. The quantitative estimate of drug-likeness (QED) is 0.0597. The second-order valence-electron chi connectivity index (χ2n) is 18.4. The summed E-state index contributed by atoms with van der Waals surface area (Å²) in [6.07, 6.45) is 8.85. The normalized spacial score (nSPS) is 42.4. The van der Waals surface area contributed by atoms with Crippen molar-refractivity contribution in [3.63, 3.8) is 0 Å². The average molecular weight is 831 g/mol. The molecular weight excluding hydrogens is 762 g/mol. The average Bonchev–Trinajstić information content (AvgIpc) is 3.74. The van der Waals surface area contributed by atoms with Crippen LogP contribution in [0.25, 0.3) is 0 Å². The largest absolute Gasteiger partial charge is 0.479 e. The zero-order chi connectivity index (χ0) is 42.5. The van der Waals surface area contributed by atoms with Gasteiger partial charge in [0.25, 0.3) is 0 Å². The number of nitrogens with one attached hydrogen (secondary N) is 1. The number of rotatable bonds is 17. The molecule has 2 saturated heterocycles. The molecule has 15 atom stereocenters. The molecule has 9 N–H and O–H groups in total. The molecule has 0 aromatic heterocycles. The Bertz CT molecular complexity index is 1540. The molecular formula is C44H68N3O12+. The third-order valence-electron chi connectivity index (χ3n) is 14.8. The summed E-state index contributed by atoms with van der Waals surface area (Å²) in [5, 5.41) is 70.1. The SMILES string of the molecule is CCC1CCCCC1C=CC[C@H](C)[C@H](CNC[C@@]1(O)[C@H](OC2CCC3C(C2)OC(C(N)=O)C(C2CCC(O)CC2)C3O)O[C@H](C(=O)O)[C@@H](O)[C@@]1(O)C=O)CC1=C[CH+]N=C1. The van der Waals surface area contributed by atoms with Crippen LogP contribution in [0, 0.1) is 48.0 Å². The van der Waals surface area contributed by atoms with Gasteiger partial charge in [-0.05, 0) is 93.9 Å². The minimum atomic E-state index is -3.02. The van der Waals surface area contributed by atoms with E-state index < -0.39 is 84.6 Å². The predicted octanol–water partition coefficient (Wildman–Crippen LogP) is 2.35. The smallest absolute Gasteiger partial charge is 0.335 e. The fourth-order valence-corrected chi connectivity index (χ4v) is 11.0. The summed E-state index contributed by atoms with van der Waals surface area (Å²) in [5.41, 5.74) is 1.17. The molecule has 0 aromatic rings. The molecule has 0 spiro atoms. The van der Waals surface area contributed by atoms with Crippen molar-refractivity contribution in [1.29, 1.82) is 0 Å². The highest BCUT2D eigenvalue weighted by molar-refractivity contribution is 5.82. The van der Waals surface area contributed by atoms with Crippen LogP contribution in [-0.2, 0) is 28.6 Å². The van der Waals surface area contributed by atoms with Gasteiger partial charge in [-0.15, -0.1) is 4.99 Å². The number of fused-ring (bicyclic) bond motifs is 1. The third-order valence-corrected chi connectivity index (χ3v) is 14.8. The van der Waals surface area contributed by atoms with Gasteiger partial charge in [0.15, 0.2) is 36.1 Å². The van der Waals surface area contributed by atoms with Gasteiger partial charge < -0.3 is 55.9 Å². The van der Waals surface area contributed by atoms with Crippen LogP contribution >= 0.6 is 0 Å². The number of carboxylic acid groups (broad SMARTS) is 1. The van der Waals surface area contributed by atoms with Gasteiger partial charge in [0.1, 0.15) is 24.3 Å². The van der Waals surface area contributed by atoms with E-state index in [0.717, 1.165) is 18.4 Å². The number of allylic oxidation sites excluding steroid dienone is 3. The number of aliphatic hydroxyl groups is 5. The molecule has 6 rings (SSSR count). The van der Waals surface area contributed by atoms with E-state index in [-0.39, 0.29) is 36.4 Å². The minimum absolute atomic E-state index is 0.0107. The number of carbonyl (C=O) groups excluding carboxylic acids is 2. The van der Waals surface area contributed by atoms with Crippen molar-refractivity contribution in [2.45, 2.75) is 164 Å². The number of carbonyl (C=O) groups is 3. The number of nitrogens with zero attached hydrogens (tertiary/aromatic N) is 1. The first-order valence-corrected chi connectivity index (χ1v) is 22.1. The summed E-state index contributed by atoms with van der Waals surface area (Å²) in [5.74, 6) is -1.91. The van der Waals surface area contributed by atoms with Crippen molar-refractivity contribution in [3.05, 3.63) is 30.3 Å². The van der Waals surface area contributed by atoms with E-state index in [9.17, 15) is 45.0 Å².